The van der Waals surface area contributed by atoms with Crippen LogP contribution in [0, 0.1) is 17.1 Å². The third kappa shape index (κ3) is 6.18. The van der Waals surface area contributed by atoms with Crippen LogP contribution in [0.3, 0.4) is 0 Å². The minimum Gasteiger partial charge on any atom is -0.456 e. The first kappa shape index (κ1) is 26.0. The Morgan fingerprint density at radius 2 is 1.89 bits per heavy atom. The zero-order chi connectivity index (χ0) is 26.7. The molecular weight excluding hydrogens is 510 g/mol. The van der Waals surface area contributed by atoms with Crippen molar-refractivity contribution in [3.63, 3.8) is 0 Å². The Balaban J connectivity index is 1.48. The molecule has 2 aromatic carbocycles. The molecule has 0 amide bonds. The van der Waals surface area contributed by atoms with Crippen LogP contribution in [0.25, 0.3) is 0 Å². The van der Waals surface area contributed by atoms with Gasteiger partial charge in [0.05, 0.1) is 17.3 Å². The fourth-order valence-electron chi connectivity index (χ4n) is 3.52. The minimum atomic E-state index is -4.88. The minimum absolute atomic E-state index is 0.0289. The number of benzene rings is 2. The summed E-state index contributed by atoms with van der Waals surface area (Å²) in [6.45, 7) is 0. The van der Waals surface area contributed by atoms with E-state index >= 15 is 0 Å². The smallest absolute Gasteiger partial charge is 0.419 e. The van der Waals surface area contributed by atoms with Crippen molar-refractivity contribution in [2.24, 2.45) is 14.1 Å². The van der Waals surface area contributed by atoms with Gasteiger partial charge in [-0.05, 0) is 41.5 Å². The molecule has 4 aromatic rings. The summed E-state index contributed by atoms with van der Waals surface area (Å²) in [5.74, 6) is -1.27. The Labute approximate surface area is 213 Å². The maximum atomic E-state index is 13.5. The molecule has 0 N–H and O–H groups in total. The van der Waals surface area contributed by atoms with Gasteiger partial charge in [0.2, 0.25) is 0 Å². The average molecular weight is 530 g/mol. The van der Waals surface area contributed by atoms with Crippen LogP contribution in [0.15, 0.2) is 64.9 Å². The third-order valence-corrected chi connectivity index (χ3v) is 6.39. The quantitative estimate of drug-likeness (QED) is 0.185. The molecule has 0 aliphatic rings. The summed E-state index contributed by atoms with van der Waals surface area (Å²) in [4.78, 5) is 16.7. The van der Waals surface area contributed by atoms with Crippen LogP contribution in [0.5, 0.6) is 11.5 Å². The number of rotatable bonds is 7. The maximum absolute atomic E-state index is 13.5. The van der Waals surface area contributed by atoms with Gasteiger partial charge in [0, 0.05) is 44.2 Å². The standard InChI is InChI=1S/C25H19F4N5O2S/c1-33-13-18(8-16-11-31-34(2)12-16)23(35)32-24(33)37-14-15-3-6-22(17(7-15)10-30)36-19-4-5-21(26)20(9-19)25(27,28)29/h3-7,9,11-13H,8,14H2,1-2H3. The molecule has 0 aliphatic heterocycles. The number of alkyl halides is 3. The summed E-state index contributed by atoms with van der Waals surface area (Å²) in [6, 6.07) is 8.85. The van der Waals surface area contributed by atoms with Crippen molar-refractivity contribution < 1.29 is 22.3 Å². The van der Waals surface area contributed by atoms with Gasteiger partial charge in [0.15, 0.2) is 5.16 Å². The Morgan fingerprint density at radius 1 is 1.11 bits per heavy atom. The number of nitriles is 1. The summed E-state index contributed by atoms with van der Waals surface area (Å²) in [7, 11) is 3.57. The first-order valence-corrected chi connectivity index (χ1v) is 11.8. The predicted molar refractivity (Wildman–Crippen MR) is 128 cm³/mol. The van der Waals surface area contributed by atoms with E-state index in [1.807, 2.05) is 12.3 Å². The van der Waals surface area contributed by atoms with E-state index in [1.165, 1.54) is 23.9 Å². The summed E-state index contributed by atoms with van der Waals surface area (Å²) in [6.07, 6.45) is 0.763. The zero-order valence-corrected chi connectivity index (χ0v) is 20.4. The molecule has 0 unspecified atom stereocenters. The number of ether oxygens (including phenoxy) is 1. The van der Waals surface area contributed by atoms with Gasteiger partial charge >= 0.3 is 6.18 Å². The normalized spacial score (nSPS) is 11.4. The lowest BCUT2D eigenvalue weighted by atomic mass is 10.1. The highest BCUT2D eigenvalue weighted by atomic mass is 32.2. The first-order valence-electron chi connectivity index (χ1n) is 10.8. The van der Waals surface area contributed by atoms with E-state index in [2.05, 4.69) is 10.1 Å². The molecule has 0 spiro atoms. The Morgan fingerprint density at radius 3 is 2.57 bits per heavy atom. The second-order valence-corrected chi connectivity index (χ2v) is 9.08. The topological polar surface area (TPSA) is 85.7 Å². The van der Waals surface area contributed by atoms with Crippen LogP contribution in [-0.4, -0.2) is 19.3 Å². The monoisotopic (exact) mass is 529 g/mol. The molecule has 7 nitrogen and oxygen atoms in total. The predicted octanol–water partition coefficient (Wildman–Crippen LogP) is 5.22. The SMILES string of the molecule is Cn1cc(Cc2cn(C)c(SCc3ccc(Oc4ccc(F)c(C(F)(F)F)c4)c(C#N)c3)nc2=O)cn1. The molecule has 12 heteroatoms. The molecular formula is C25H19F4N5O2S. The molecule has 190 valence electrons. The van der Waals surface area contributed by atoms with Crippen LogP contribution in [0.1, 0.15) is 27.8 Å². The molecule has 0 atom stereocenters. The second-order valence-electron chi connectivity index (χ2n) is 8.14. The van der Waals surface area contributed by atoms with Gasteiger partial charge in [-0.1, -0.05) is 17.8 Å². The summed E-state index contributed by atoms with van der Waals surface area (Å²) >= 11 is 1.29. The van der Waals surface area contributed by atoms with Gasteiger partial charge in [0.25, 0.3) is 5.56 Å². The Bertz CT molecular complexity index is 1560. The van der Waals surface area contributed by atoms with E-state index in [9.17, 15) is 27.6 Å². The molecule has 37 heavy (non-hydrogen) atoms. The maximum Gasteiger partial charge on any atom is 0.419 e. The highest BCUT2D eigenvalue weighted by Gasteiger charge is 2.34. The van der Waals surface area contributed by atoms with Gasteiger partial charge < -0.3 is 9.30 Å². The van der Waals surface area contributed by atoms with Crippen molar-refractivity contribution in [1.82, 2.24) is 19.3 Å². The Kier molecular flexibility index (Phi) is 7.35. The van der Waals surface area contributed by atoms with Gasteiger partial charge in [-0.3, -0.25) is 9.48 Å². The van der Waals surface area contributed by atoms with Crippen LogP contribution < -0.4 is 10.3 Å². The molecule has 2 heterocycles. The van der Waals surface area contributed by atoms with Crippen LogP contribution in [0.4, 0.5) is 17.6 Å². The Hall–Kier alpha value is -4.11. The van der Waals surface area contributed by atoms with E-state index in [0.29, 0.717) is 40.6 Å². The van der Waals surface area contributed by atoms with Gasteiger partial charge in [-0.2, -0.15) is 28.5 Å². The molecule has 0 saturated carbocycles. The number of halogens is 4. The molecule has 2 aromatic heterocycles. The van der Waals surface area contributed by atoms with Crippen molar-refractivity contribution in [2.45, 2.75) is 23.5 Å². The molecule has 0 bridgehead atoms. The number of nitrogens with zero attached hydrogens (tertiary/aromatic N) is 5. The fraction of sp³-hybridized carbons (Fsp3) is 0.200. The molecule has 4 rings (SSSR count). The molecule has 0 saturated heterocycles. The van der Waals surface area contributed by atoms with Crippen molar-refractivity contribution in [3.05, 3.63) is 99.0 Å². The molecule has 0 fully saturated rings. The van der Waals surface area contributed by atoms with E-state index in [-0.39, 0.29) is 22.6 Å². The average Bonchev–Trinajstić information content (AvgIpc) is 3.25. The van der Waals surface area contributed by atoms with Crippen molar-refractivity contribution in [1.29, 1.82) is 5.26 Å². The highest BCUT2D eigenvalue weighted by molar-refractivity contribution is 7.98. The molecule has 0 aliphatic carbocycles. The lowest BCUT2D eigenvalue weighted by Gasteiger charge is -2.13. The van der Waals surface area contributed by atoms with Crippen molar-refractivity contribution in [3.8, 4) is 17.6 Å². The first-order chi connectivity index (χ1) is 17.5. The zero-order valence-electron chi connectivity index (χ0n) is 19.6. The number of aromatic nitrogens is 4. The fourth-order valence-corrected chi connectivity index (χ4v) is 4.40. The summed E-state index contributed by atoms with van der Waals surface area (Å²) in [5.41, 5.74) is 0.415. The van der Waals surface area contributed by atoms with Gasteiger partial charge in [-0.15, -0.1) is 0 Å². The van der Waals surface area contributed by atoms with E-state index in [1.54, 1.807) is 41.8 Å². The van der Waals surface area contributed by atoms with E-state index < -0.39 is 17.6 Å². The molecule has 0 radical (unpaired) electrons. The van der Waals surface area contributed by atoms with E-state index in [0.717, 1.165) is 11.6 Å². The van der Waals surface area contributed by atoms with E-state index in [4.69, 9.17) is 4.74 Å². The third-order valence-electron chi connectivity index (χ3n) is 5.28. The summed E-state index contributed by atoms with van der Waals surface area (Å²) < 4.78 is 61.3. The van der Waals surface area contributed by atoms with Crippen LogP contribution in [-0.2, 0) is 32.4 Å². The van der Waals surface area contributed by atoms with Gasteiger partial charge in [-0.25, -0.2) is 4.39 Å². The van der Waals surface area contributed by atoms with Crippen molar-refractivity contribution in [2.75, 3.05) is 0 Å². The lowest BCUT2D eigenvalue weighted by molar-refractivity contribution is -0.140. The van der Waals surface area contributed by atoms with Crippen molar-refractivity contribution >= 4 is 11.8 Å². The second kappa shape index (κ2) is 10.5. The number of hydrogen-bond acceptors (Lipinski definition) is 6. The van der Waals surface area contributed by atoms with Crippen LogP contribution in [0.2, 0.25) is 0 Å². The summed E-state index contributed by atoms with van der Waals surface area (Å²) in [5, 5.41) is 14.1. The largest absolute Gasteiger partial charge is 0.456 e. The number of hydrogen-bond donors (Lipinski definition) is 0. The number of aryl methyl sites for hydroxylation is 2. The number of thioether (sulfide) groups is 1. The van der Waals surface area contributed by atoms with Crippen LogP contribution >= 0.6 is 11.8 Å². The highest BCUT2D eigenvalue weighted by Crippen LogP contribution is 2.35. The lowest BCUT2D eigenvalue weighted by Crippen LogP contribution is -2.18. The van der Waals surface area contributed by atoms with Gasteiger partial charge in [0.1, 0.15) is 23.4 Å².